The van der Waals surface area contributed by atoms with Gasteiger partial charge in [-0.2, -0.15) is 5.10 Å². The van der Waals surface area contributed by atoms with Crippen LogP contribution in [0.25, 0.3) is 5.52 Å². The van der Waals surface area contributed by atoms with Gasteiger partial charge in [-0.05, 0) is 30.9 Å². The number of pyridine rings is 1. The summed E-state index contributed by atoms with van der Waals surface area (Å²) < 4.78 is 1.75. The SMILES string of the molecule is CC1CCN(C(=O)c2cnn3ccccc23)CC1. The average molecular weight is 243 g/mol. The first-order chi connectivity index (χ1) is 8.75. The largest absolute Gasteiger partial charge is 0.339 e. The number of fused-ring (bicyclic) bond motifs is 1. The maximum absolute atomic E-state index is 12.5. The van der Waals surface area contributed by atoms with E-state index in [1.54, 1.807) is 10.7 Å². The van der Waals surface area contributed by atoms with Crippen LogP contribution in [0.15, 0.2) is 30.6 Å². The summed E-state index contributed by atoms with van der Waals surface area (Å²) in [5.74, 6) is 0.848. The van der Waals surface area contributed by atoms with Crippen molar-refractivity contribution in [2.75, 3.05) is 13.1 Å². The summed E-state index contributed by atoms with van der Waals surface area (Å²) in [7, 11) is 0. The molecule has 2 aromatic heterocycles. The maximum Gasteiger partial charge on any atom is 0.257 e. The van der Waals surface area contributed by atoms with Crippen molar-refractivity contribution in [3.05, 3.63) is 36.2 Å². The van der Waals surface area contributed by atoms with Crippen LogP contribution < -0.4 is 0 Å². The highest BCUT2D eigenvalue weighted by atomic mass is 16.2. The van der Waals surface area contributed by atoms with Gasteiger partial charge >= 0.3 is 0 Å². The monoisotopic (exact) mass is 243 g/mol. The summed E-state index contributed by atoms with van der Waals surface area (Å²) in [6.45, 7) is 3.98. The quantitative estimate of drug-likeness (QED) is 0.770. The zero-order valence-corrected chi connectivity index (χ0v) is 10.5. The van der Waals surface area contributed by atoms with Crippen molar-refractivity contribution in [1.82, 2.24) is 14.5 Å². The molecule has 18 heavy (non-hydrogen) atoms. The lowest BCUT2D eigenvalue weighted by atomic mass is 9.99. The molecule has 3 rings (SSSR count). The highest BCUT2D eigenvalue weighted by molar-refractivity contribution is 6.00. The number of likely N-dealkylation sites (tertiary alicyclic amines) is 1. The maximum atomic E-state index is 12.5. The van der Waals surface area contributed by atoms with Crippen LogP contribution >= 0.6 is 0 Å². The summed E-state index contributed by atoms with van der Waals surface area (Å²) in [6, 6.07) is 5.79. The van der Waals surface area contributed by atoms with Gasteiger partial charge in [0.05, 0.1) is 17.3 Å². The van der Waals surface area contributed by atoms with Gasteiger partial charge in [-0.3, -0.25) is 4.79 Å². The van der Waals surface area contributed by atoms with Crippen LogP contribution in [-0.2, 0) is 0 Å². The minimum Gasteiger partial charge on any atom is -0.339 e. The summed E-state index contributed by atoms with van der Waals surface area (Å²) in [5, 5.41) is 4.22. The number of carbonyl (C=O) groups excluding carboxylic acids is 1. The summed E-state index contributed by atoms with van der Waals surface area (Å²) in [5.41, 5.74) is 1.60. The molecule has 0 unspecified atom stereocenters. The van der Waals surface area contributed by atoms with E-state index < -0.39 is 0 Å². The number of rotatable bonds is 1. The van der Waals surface area contributed by atoms with Gasteiger partial charge in [-0.15, -0.1) is 0 Å². The van der Waals surface area contributed by atoms with Crippen LogP contribution in [0.1, 0.15) is 30.1 Å². The number of piperidine rings is 1. The minimum absolute atomic E-state index is 0.114. The Balaban J connectivity index is 1.88. The predicted octanol–water partition coefficient (Wildman–Crippen LogP) is 2.21. The Morgan fingerprint density at radius 3 is 2.89 bits per heavy atom. The lowest BCUT2D eigenvalue weighted by Gasteiger charge is -2.30. The molecule has 0 aromatic carbocycles. The zero-order valence-electron chi connectivity index (χ0n) is 10.5. The van der Waals surface area contributed by atoms with Crippen molar-refractivity contribution < 1.29 is 4.79 Å². The Labute approximate surface area is 106 Å². The van der Waals surface area contributed by atoms with Crippen LogP contribution in [0.4, 0.5) is 0 Å². The number of hydrogen-bond donors (Lipinski definition) is 0. The van der Waals surface area contributed by atoms with E-state index in [1.807, 2.05) is 29.3 Å². The van der Waals surface area contributed by atoms with Crippen molar-refractivity contribution in [2.45, 2.75) is 19.8 Å². The summed E-state index contributed by atoms with van der Waals surface area (Å²) in [4.78, 5) is 14.4. The Morgan fingerprint density at radius 1 is 1.33 bits per heavy atom. The van der Waals surface area contributed by atoms with E-state index in [0.29, 0.717) is 5.56 Å². The number of aromatic nitrogens is 2. The van der Waals surface area contributed by atoms with E-state index in [-0.39, 0.29) is 5.91 Å². The molecule has 0 N–H and O–H groups in total. The zero-order chi connectivity index (χ0) is 12.5. The second-order valence-electron chi connectivity index (χ2n) is 5.06. The molecule has 3 heterocycles. The molecule has 1 saturated heterocycles. The number of amides is 1. The highest BCUT2D eigenvalue weighted by Crippen LogP contribution is 2.19. The fourth-order valence-electron chi connectivity index (χ4n) is 2.48. The van der Waals surface area contributed by atoms with E-state index in [9.17, 15) is 4.79 Å². The Bertz CT molecular complexity index is 567. The van der Waals surface area contributed by atoms with Gasteiger partial charge in [0.25, 0.3) is 5.91 Å². The number of nitrogens with zero attached hydrogens (tertiary/aromatic N) is 3. The number of hydrogen-bond acceptors (Lipinski definition) is 2. The third-order valence-corrected chi connectivity index (χ3v) is 3.73. The Hall–Kier alpha value is -1.84. The third kappa shape index (κ3) is 1.88. The van der Waals surface area contributed by atoms with Crippen molar-refractivity contribution in [2.24, 2.45) is 5.92 Å². The van der Waals surface area contributed by atoms with Crippen molar-refractivity contribution in [1.29, 1.82) is 0 Å². The Kier molecular flexibility index (Phi) is 2.78. The lowest BCUT2D eigenvalue weighted by molar-refractivity contribution is 0.0699. The molecule has 0 spiro atoms. The van der Waals surface area contributed by atoms with Gasteiger partial charge in [-0.1, -0.05) is 13.0 Å². The van der Waals surface area contributed by atoms with E-state index in [4.69, 9.17) is 0 Å². The first-order valence-electron chi connectivity index (χ1n) is 6.47. The molecule has 94 valence electrons. The summed E-state index contributed by atoms with van der Waals surface area (Å²) >= 11 is 0. The topological polar surface area (TPSA) is 37.6 Å². The molecule has 1 fully saturated rings. The molecule has 1 amide bonds. The molecular weight excluding hydrogens is 226 g/mol. The van der Waals surface area contributed by atoms with E-state index in [1.165, 1.54) is 0 Å². The van der Waals surface area contributed by atoms with Crippen LogP contribution in [0, 0.1) is 5.92 Å². The van der Waals surface area contributed by atoms with Gasteiger partial charge in [-0.25, -0.2) is 4.52 Å². The van der Waals surface area contributed by atoms with Crippen LogP contribution in [0.5, 0.6) is 0 Å². The normalized spacial score (nSPS) is 17.3. The smallest absolute Gasteiger partial charge is 0.257 e. The fraction of sp³-hybridized carbons (Fsp3) is 0.429. The highest BCUT2D eigenvalue weighted by Gasteiger charge is 2.23. The first-order valence-corrected chi connectivity index (χ1v) is 6.47. The van der Waals surface area contributed by atoms with Crippen LogP contribution in [-0.4, -0.2) is 33.5 Å². The standard InChI is InChI=1S/C14H17N3O/c1-11-5-8-16(9-6-11)14(18)12-10-15-17-7-3-2-4-13(12)17/h2-4,7,10-11H,5-6,8-9H2,1H3. The van der Waals surface area contributed by atoms with E-state index in [2.05, 4.69) is 12.0 Å². The lowest BCUT2D eigenvalue weighted by Crippen LogP contribution is -2.37. The molecule has 4 nitrogen and oxygen atoms in total. The van der Waals surface area contributed by atoms with Crippen molar-refractivity contribution in [3.63, 3.8) is 0 Å². The first kappa shape index (κ1) is 11.3. The third-order valence-electron chi connectivity index (χ3n) is 3.73. The van der Waals surface area contributed by atoms with Gasteiger partial charge in [0.15, 0.2) is 0 Å². The fourth-order valence-corrected chi connectivity index (χ4v) is 2.48. The molecule has 0 atom stereocenters. The second kappa shape index (κ2) is 4.44. The van der Waals surface area contributed by atoms with Crippen LogP contribution in [0.2, 0.25) is 0 Å². The molecule has 2 aromatic rings. The van der Waals surface area contributed by atoms with E-state index >= 15 is 0 Å². The Morgan fingerprint density at radius 2 is 2.11 bits per heavy atom. The van der Waals surface area contributed by atoms with Gasteiger partial charge in [0, 0.05) is 19.3 Å². The molecular formula is C14H17N3O. The molecule has 0 aliphatic carbocycles. The second-order valence-corrected chi connectivity index (χ2v) is 5.06. The summed E-state index contributed by atoms with van der Waals surface area (Å²) in [6.07, 6.45) is 5.75. The molecule has 1 aliphatic rings. The van der Waals surface area contributed by atoms with Gasteiger partial charge in [0.1, 0.15) is 0 Å². The van der Waals surface area contributed by atoms with Crippen molar-refractivity contribution >= 4 is 11.4 Å². The van der Waals surface area contributed by atoms with E-state index in [0.717, 1.165) is 37.4 Å². The van der Waals surface area contributed by atoms with Gasteiger partial charge < -0.3 is 4.90 Å². The molecule has 0 bridgehead atoms. The van der Waals surface area contributed by atoms with Crippen molar-refractivity contribution in [3.8, 4) is 0 Å². The predicted molar refractivity (Wildman–Crippen MR) is 69.5 cm³/mol. The molecule has 4 heteroatoms. The molecule has 0 saturated carbocycles. The van der Waals surface area contributed by atoms with Crippen LogP contribution in [0.3, 0.4) is 0 Å². The molecule has 1 aliphatic heterocycles. The minimum atomic E-state index is 0.114. The van der Waals surface area contributed by atoms with Gasteiger partial charge in [0.2, 0.25) is 0 Å². The number of carbonyl (C=O) groups is 1. The molecule has 0 radical (unpaired) electrons. The average Bonchev–Trinajstić information content (AvgIpc) is 2.82.